The second kappa shape index (κ2) is 5.49. The molecule has 108 valence electrons. The van der Waals surface area contributed by atoms with Gasteiger partial charge in [0.2, 0.25) is 5.91 Å². The number of amides is 1. The van der Waals surface area contributed by atoms with E-state index in [4.69, 9.17) is 5.11 Å². The van der Waals surface area contributed by atoms with Crippen molar-refractivity contribution in [3.05, 3.63) is 0 Å². The summed E-state index contributed by atoms with van der Waals surface area (Å²) in [4.78, 5) is 27.5. The summed E-state index contributed by atoms with van der Waals surface area (Å²) in [6.45, 7) is 3.75. The van der Waals surface area contributed by atoms with E-state index in [1.165, 1.54) is 0 Å². The van der Waals surface area contributed by atoms with Crippen LogP contribution in [0.15, 0.2) is 0 Å². The molecule has 2 unspecified atom stereocenters. The average Bonchev–Trinajstić information content (AvgIpc) is 2.94. The molecule has 1 aliphatic carbocycles. The van der Waals surface area contributed by atoms with Crippen LogP contribution in [0.5, 0.6) is 0 Å². The molecule has 2 aliphatic rings. The summed E-state index contributed by atoms with van der Waals surface area (Å²) < 4.78 is 0. The molecule has 1 heterocycles. The summed E-state index contributed by atoms with van der Waals surface area (Å²) in [7, 11) is 4.09. The minimum atomic E-state index is -0.753. The molecule has 0 spiro atoms. The number of likely N-dealkylation sites (N-methyl/N-ethyl adjacent to an activating group) is 1. The van der Waals surface area contributed by atoms with Gasteiger partial charge in [-0.1, -0.05) is 6.92 Å². The Morgan fingerprint density at radius 1 is 1.16 bits per heavy atom. The minimum Gasteiger partial charge on any atom is -0.481 e. The highest BCUT2D eigenvalue weighted by Crippen LogP contribution is 2.33. The van der Waals surface area contributed by atoms with Gasteiger partial charge in [0.15, 0.2) is 0 Å². The van der Waals surface area contributed by atoms with E-state index < -0.39 is 5.97 Å². The SMILES string of the molecule is CC1CN(C(=O)[C@@H]2CC[C@H](C(=O)O)C2)CC1N(C)C. The van der Waals surface area contributed by atoms with Crippen molar-refractivity contribution in [1.82, 2.24) is 9.80 Å². The fraction of sp³-hybridized carbons (Fsp3) is 0.857. The highest BCUT2D eigenvalue weighted by atomic mass is 16.4. The van der Waals surface area contributed by atoms with Crippen molar-refractivity contribution >= 4 is 11.9 Å². The van der Waals surface area contributed by atoms with Crippen LogP contribution in [0.25, 0.3) is 0 Å². The van der Waals surface area contributed by atoms with Crippen molar-refractivity contribution < 1.29 is 14.7 Å². The van der Waals surface area contributed by atoms with Crippen LogP contribution in [0, 0.1) is 17.8 Å². The summed E-state index contributed by atoms with van der Waals surface area (Å²) in [6.07, 6.45) is 1.89. The van der Waals surface area contributed by atoms with Gasteiger partial charge in [0.1, 0.15) is 0 Å². The number of likely N-dealkylation sites (tertiary alicyclic amines) is 1. The summed E-state index contributed by atoms with van der Waals surface area (Å²) in [6, 6.07) is 0.417. The van der Waals surface area contributed by atoms with Crippen LogP contribution in [0.2, 0.25) is 0 Å². The number of nitrogens with zero attached hydrogens (tertiary/aromatic N) is 2. The number of carbonyl (C=O) groups is 2. The molecule has 2 rings (SSSR count). The maximum absolute atomic E-state index is 12.4. The molecule has 1 amide bonds. The Morgan fingerprint density at radius 3 is 2.26 bits per heavy atom. The summed E-state index contributed by atoms with van der Waals surface area (Å²) in [5.41, 5.74) is 0. The third-order valence-electron chi connectivity index (χ3n) is 4.68. The van der Waals surface area contributed by atoms with E-state index in [0.29, 0.717) is 24.8 Å². The molecule has 4 atom stereocenters. The molecular formula is C14H24N2O3. The van der Waals surface area contributed by atoms with E-state index in [2.05, 4.69) is 11.8 Å². The zero-order valence-corrected chi connectivity index (χ0v) is 12.0. The lowest BCUT2D eigenvalue weighted by Crippen LogP contribution is -2.37. The van der Waals surface area contributed by atoms with Crippen molar-refractivity contribution in [1.29, 1.82) is 0 Å². The van der Waals surface area contributed by atoms with Crippen LogP contribution in [0.1, 0.15) is 26.2 Å². The first-order valence-corrected chi connectivity index (χ1v) is 7.08. The molecule has 5 nitrogen and oxygen atoms in total. The summed E-state index contributed by atoms with van der Waals surface area (Å²) >= 11 is 0. The lowest BCUT2D eigenvalue weighted by atomic mass is 10.0. The standard InChI is InChI=1S/C14H24N2O3/c1-9-7-16(8-12(9)15(2)3)13(17)10-4-5-11(6-10)14(18)19/h9-12H,4-8H2,1-3H3,(H,18,19)/t9?,10-,11+,12?/m1/s1. The van der Waals surface area contributed by atoms with E-state index in [0.717, 1.165) is 19.5 Å². The van der Waals surface area contributed by atoms with Gasteiger partial charge in [-0.05, 0) is 39.3 Å². The van der Waals surface area contributed by atoms with Gasteiger partial charge in [0.05, 0.1) is 5.92 Å². The molecule has 0 aromatic carbocycles. The van der Waals surface area contributed by atoms with E-state index in [1.807, 2.05) is 19.0 Å². The van der Waals surface area contributed by atoms with E-state index in [1.54, 1.807) is 0 Å². The Kier molecular flexibility index (Phi) is 4.13. The minimum absolute atomic E-state index is 0.0748. The number of carboxylic acid groups (broad SMARTS) is 1. The maximum Gasteiger partial charge on any atom is 0.306 e. The Labute approximate surface area is 114 Å². The van der Waals surface area contributed by atoms with Crippen molar-refractivity contribution in [2.75, 3.05) is 27.2 Å². The molecule has 0 aromatic rings. The normalized spacial score (nSPS) is 35.1. The van der Waals surface area contributed by atoms with Crippen LogP contribution in [-0.4, -0.2) is 60.0 Å². The number of carbonyl (C=O) groups excluding carboxylic acids is 1. The molecule has 19 heavy (non-hydrogen) atoms. The number of carboxylic acids is 1. The number of hydrogen-bond acceptors (Lipinski definition) is 3. The Morgan fingerprint density at radius 2 is 1.79 bits per heavy atom. The summed E-state index contributed by atoms with van der Waals surface area (Å²) in [5.74, 6) is -0.500. The van der Waals surface area contributed by atoms with Crippen molar-refractivity contribution in [2.24, 2.45) is 17.8 Å². The quantitative estimate of drug-likeness (QED) is 0.826. The zero-order chi connectivity index (χ0) is 14.2. The Bertz CT molecular complexity index is 370. The topological polar surface area (TPSA) is 60.9 Å². The van der Waals surface area contributed by atoms with Gasteiger partial charge in [0, 0.05) is 25.0 Å². The van der Waals surface area contributed by atoms with Gasteiger partial charge in [-0.3, -0.25) is 9.59 Å². The average molecular weight is 268 g/mol. The molecule has 1 aliphatic heterocycles. The molecular weight excluding hydrogens is 244 g/mol. The van der Waals surface area contributed by atoms with Gasteiger partial charge in [-0.15, -0.1) is 0 Å². The van der Waals surface area contributed by atoms with Crippen LogP contribution in [0.3, 0.4) is 0 Å². The first kappa shape index (κ1) is 14.3. The van der Waals surface area contributed by atoms with Crippen LogP contribution >= 0.6 is 0 Å². The van der Waals surface area contributed by atoms with Gasteiger partial charge < -0.3 is 14.9 Å². The van der Waals surface area contributed by atoms with Crippen molar-refractivity contribution in [3.8, 4) is 0 Å². The largest absolute Gasteiger partial charge is 0.481 e. The highest BCUT2D eigenvalue weighted by Gasteiger charge is 2.40. The van der Waals surface area contributed by atoms with E-state index in [-0.39, 0.29) is 17.7 Å². The zero-order valence-electron chi connectivity index (χ0n) is 12.0. The number of rotatable bonds is 3. The second-order valence-corrected chi connectivity index (χ2v) is 6.30. The molecule has 5 heteroatoms. The first-order valence-electron chi connectivity index (χ1n) is 7.08. The molecule has 2 fully saturated rings. The smallest absolute Gasteiger partial charge is 0.306 e. The van der Waals surface area contributed by atoms with Crippen LogP contribution in [-0.2, 0) is 9.59 Å². The number of hydrogen-bond donors (Lipinski definition) is 1. The van der Waals surface area contributed by atoms with Crippen molar-refractivity contribution in [3.63, 3.8) is 0 Å². The van der Waals surface area contributed by atoms with Gasteiger partial charge in [-0.2, -0.15) is 0 Å². The third kappa shape index (κ3) is 2.91. The summed E-state index contributed by atoms with van der Waals surface area (Å²) in [5, 5.41) is 9.00. The monoisotopic (exact) mass is 268 g/mol. The lowest BCUT2D eigenvalue weighted by molar-refractivity contribution is -0.141. The molecule has 0 bridgehead atoms. The van der Waals surface area contributed by atoms with Gasteiger partial charge in [-0.25, -0.2) is 0 Å². The lowest BCUT2D eigenvalue weighted by Gasteiger charge is -2.23. The fourth-order valence-corrected chi connectivity index (χ4v) is 3.49. The maximum atomic E-state index is 12.4. The van der Waals surface area contributed by atoms with E-state index >= 15 is 0 Å². The fourth-order valence-electron chi connectivity index (χ4n) is 3.49. The van der Waals surface area contributed by atoms with Crippen molar-refractivity contribution in [2.45, 2.75) is 32.2 Å². The highest BCUT2D eigenvalue weighted by molar-refractivity contribution is 5.81. The predicted molar refractivity (Wildman–Crippen MR) is 71.7 cm³/mol. The Balaban J connectivity index is 1.93. The van der Waals surface area contributed by atoms with Gasteiger partial charge >= 0.3 is 5.97 Å². The van der Waals surface area contributed by atoms with E-state index in [9.17, 15) is 9.59 Å². The Hall–Kier alpha value is -1.10. The predicted octanol–water partition coefficient (Wildman–Crippen LogP) is 0.896. The first-order chi connectivity index (χ1) is 8.90. The molecule has 0 aromatic heterocycles. The van der Waals surface area contributed by atoms with Gasteiger partial charge in [0.25, 0.3) is 0 Å². The second-order valence-electron chi connectivity index (χ2n) is 6.30. The third-order valence-corrected chi connectivity index (χ3v) is 4.68. The molecule has 1 saturated carbocycles. The molecule has 1 saturated heterocycles. The van der Waals surface area contributed by atoms with Crippen LogP contribution < -0.4 is 0 Å². The molecule has 1 N–H and O–H groups in total. The molecule has 0 radical (unpaired) electrons. The number of aliphatic carboxylic acids is 1. The van der Waals surface area contributed by atoms with Crippen LogP contribution in [0.4, 0.5) is 0 Å².